The number of anilines is 1. The molecule has 0 saturated heterocycles. The highest BCUT2D eigenvalue weighted by Gasteiger charge is 2.26. The number of nitrogens with zero attached hydrogens (tertiary/aromatic N) is 2. The van der Waals surface area contributed by atoms with Crippen LogP contribution in [0.15, 0.2) is 0 Å². The highest BCUT2D eigenvalue weighted by Crippen LogP contribution is 2.34. The zero-order valence-corrected chi connectivity index (χ0v) is 15.0. The Hall–Kier alpha value is -0.260. The first kappa shape index (κ1) is 16.1. The first-order valence-electron chi connectivity index (χ1n) is 7.35. The average molecular weight is 314 g/mol. The van der Waals surface area contributed by atoms with Gasteiger partial charge in [0.1, 0.15) is 0 Å². The van der Waals surface area contributed by atoms with Crippen LogP contribution < -0.4 is 10.2 Å². The lowest BCUT2D eigenvalue weighted by molar-refractivity contribution is 0.559. The van der Waals surface area contributed by atoms with E-state index in [9.17, 15) is 0 Å². The fourth-order valence-corrected chi connectivity index (χ4v) is 3.72. The van der Waals surface area contributed by atoms with Gasteiger partial charge in [-0.3, -0.25) is 0 Å². The summed E-state index contributed by atoms with van der Waals surface area (Å²) in [5, 5.41) is 4.79. The number of hydrogen-bond donors (Lipinski definition) is 1. The lowest BCUT2D eigenvalue weighted by Crippen LogP contribution is -2.21. The van der Waals surface area contributed by atoms with Gasteiger partial charge in [-0.15, -0.1) is 11.3 Å². The summed E-state index contributed by atoms with van der Waals surface area (Å²) in [5.41, 5.74) is 1.39. The van der Waals surface area contributed by atoms with E-state index in [0.29, 0.717) is 0 Å². The first-order valence-corrected chi connectivity index (χ1v) is 9.56. The van der Waals surface area contributed by atoms with E-state index in [-0.39, 0.29) is 5.41 Å². The number of rotatable bonds is 7. The molecule has 1 fully saturated rings. The third-order valence-corrected chi connectivity index (χ3v) is 5.24. The Morgan fingerprint density at radius 1 is 1.40 bits per heavy atom. The molecular weight excluding hydrogens is 286 g/mol. The van der Waals surface area contributed by atoms with Crippen LogP contribution in [0.1, 0.15) is 44.2 Å². The van der Waals surface area contributed by atoms with Gasteiger partial charge in [0, 0.05) is 42.2 Å². The van der Waals surface area contributed by atoms with Crippen LogP contribution in [-0.4, -0.2) is 36.6 Å². The normalized spacial score (nSPS) is 15.7. The van der Waals surface area contributed by atoms with E-state index in [1.54, 1.807) is 0 Å². The number of nitrogens with one attached hydrogen (secondary N) is 1. The monoisotopic (exact) mass is 313 g/mol. The smallest absolute Gasteiger partial charge is 0.185 e. The largest absolute Gasteiger partial charge is 0.350 e. The minimum absolute atomic E-state index is 0.121. The van der Waals surface area contributed by atoms with Gasteiger partial charge in [-0.2, -0.15) is 11.8 Å². The Morgan fingerprint density at radius 2 is 2.10 bits per heavy atom. The molecule has 5 heteroatoms. The van der Waals surface area contributed by atoms with E-state index >= 15 is 0 Å². The van der Waals surface area contributed by atoms with Gasteiger partial charge in [0.15, 0.2) is 5.13 Å². The number of hydrogen-bond acceptors (Lipinski definition) is 5. The van der Waals surface area contributed by atoms with Crippen LogP contribution >= 0.6 is 23.1 Å². The molecule has 1 heterocycles. The van der Waals surface area contributed by atoms with Crippen molar-refractivity contribution in [2.24, 2.45) is 0 Å². The van der Waals surface area contributed by atoms with Crippen molar-refractivity contribution in [3.8, 4) is 0 Å². The Balaban J connectivity index is 2.12. The molecule has 0 spiro atoms. The van der Waals surface area contributed by atoms with Crippen molar-refractivity contribution in [3.05, 3.63) is 10.6 Å². The zero-order valence-electron chi connectivity index (χ0n) is 13.3. The minimum atomic E-state index is 0.121. The van der Waals surface area contributed by atoms with Crippen LogP contribution in [0.4, 0.5) is 5.13 Å². The summed E-state index contributed by atoms with van der Waals surface area (Å²) in [6, 6.07) is 0.752. The maximum Gasteiger partial charge on any atom is 0.185 e. The summed E-state index contributed by atoms with van der Waals surface area (Å²) in [4.78, 5) is 8.63. The van der Waals surface area contributed by atoms with Gasteiger partial charge in [-0.05, 0) is 19.1 Å². The van der Waals surface area contributed by atoms with E-state index in [1.165, 1.54) is 23.4 Å². The molecule has 3 nitrogen and oxygen atoms in total. The quantitative estimate of drug-likeness (QED) is 0.834. The molecule has 1 aromatic rings. The summed E-state index contributed by atoms with van der Waals surface area (Å²) in [5.74, 6) is 1.15. The summed E-state index contributed by atoms with van der Waals surface area (Å²) in [7, 11) is 2.15. The molecule has 2 rings (SSSR count). The van der Waals surface area contributed by atoms with Gasteiger partial charge in [0.05, 0.1) is 5.69 Å². The molecule has 1 saturated carbocycles. The number of thioether (sulfide) groups is 1. The summed E-state index contributed by atoms with van der Waals surface area (Å²) < 4.78 is 0. The molecular formula is C15H27N3S2. The Kier molecular flexibility index (Phi) is 5.37. The van der Waals surface area contributed by atoms with E-state index in [0.717, 1.165) is 30.0 Å². The second-order valence-corrected chi connectivity index (χ2v) is 8.64. The topological polar surface area (TPSA) is 28.2 Å². The summed E-state index contributed by atoms with van der Waals surface area (Å²) in [6.07, 6.45) is 4.83. The fraction of sp³-hybridized carbons (Fsp3) is 0.800. The Bertz CT molecular complexity index is 433. The predicted octanol–water partition coefficient (Wildman–Crippen LogP) is 3.49. The maximum atomic E-state index is 4.93. The van der Waals surface area contributed by atoms with E-state index in [4.69, 9.17) is 4.98 Å². The van der Waals surface area contributed by atoms with Gasteiger partial charge in [-0.1, -0.05) is 20.8 Å². The van der Waals surface area contributed by atoms with Crippen LogP contribution in [0.3, 0.4) is 0 Å². The van der Waals surface area contributed by atoms with Gasteiger partial charge in [0.2, 0.25) is 0 Å². The van der Waals surface area contributed by atoms with Crippen LogP contribution in [0.2, 0.25) is 0 Å². The van der Waals surface area contributed by atoms with Gasteiger partial charge >= 0.3 is 0 Å². The molecule has 0 aromatic carbocycles. The summed E-state index contributed by atoms with van der Waals surface area (Å²) >= 11 is 3.74. The zero-order chi connectivity index (χ0) is 14.8. The van der Waals surface area contributed by atoms with Gasteiger partial charge < -0.3 is 10.2 Å². The van der Waals surface area contributed by atoms with Crippen molar-refractivity contribution in [3.63, 3.8) is 0 Å². The average Bonchev–Trinajstić information content (AvgIpc) is 3.10. The van der Waals surface area contributed by atoms with Crippen LogP contribution in [0.25, 0.3) is 0 Å². The van der Waals surface area contributed by atoms with E-state index in [1.807, 2.05) is 23.1 Å². The molecule has 1 N–H and O–H groups in total. The molecule has 1 aliphatic carbocycles. The third kappa shape index (κ3) is 4.37. The lowest BCUT2D eigenvalue weighted by Gasteiger charge is -2.18. The molecule has 20 heavy (non-hydrogen) atoms. The molecule has 0 radical (unpaired) electrons. The Labute approximate surface area is 131 Å². The van der Waals surface area contributed by atoms with Crippen molar-refractivity contribution in [1.82, 2.24) is 10.3 Å². The highest BCUT2D eigenvalue weighted by molar-refractivity contribution is 7.98. The van der Waals surface area contributed by atoms with Gasteiger partial charge in [-0.25, -0.2) is 4.98 Å². The van der Waals surface area contributed by atoms with E-state index < -0.39 is 0 Å². The van der Waals surface area contributed by atoms with Crippen molar-refractivity contribution < 1.29 is 0 Å². The predicted molar refractivity (Wildman–Crippen MR) is 92.3 cm³/mol. The molecule has 114 valence electrons. The number of aromatic nitrogens is 1. The maximum absolute atomic E-state index is 4.93. The van der Waals surface area contributed by atoms with Crippen molar-refractivity contribution >= 4 is 28.2 Å². The third-order valence-electron chi connectivity index (χ3n) is 3.48. The molecule has 0 atom stereocenters. The SMILES string of the molecule is CSCCN(C)c1nc(C(C)(C)C)c(CNC2CC2)s1. The Morgan fingerprint density at radius 3 is 2.65 bits per heavy atom. The molecule has 0 aliphatic heterocycles. The second kappa shape index (κ2) is 6.67. The number of thiazole rings is 1. The fourth-order valence-electron chi connectivity index (χ4n) is 2.06. The van der Waals surface area contributed by atoms with Crippen LogP contribution in [0.5, 0.6) is 0 Å². The summed E-state index contributed by atoms with van der Waals surface area (Å²) in [6.45, 7) is 8.82. The molecule has 0 bridgehead atoms. The molecule has 1 aromatic heterocycles. The highest BCUT2D eigenvalue weighted by atomic mass is 32.2. The van der Waals surface area contributed by atoms with E-state index in [2.05, 4.69) is 44.3 Å². The first-order chi connectivity index (χ1) is 9.41. The molecule has 1 aliphatic rings. The van der Waals surface area contributed by atoms with Gasteiger partial charge in [0.25, 0.3) is 0 Å². The molecule has 0 unspecified atom stereocenters. The second-order valence-electron chi connectivity index (χ2n) is 6.59. The van der Waals surface area contributed by atoms with Crippen LogP contribution in [-0.2, 0) is 12.0 Å². The van der Waals surface area contributed by atoms with Crippen LogP contribution in [0, 0.1) is 0 Å². The standard InChI is InChI=1S/C15H27N3S2/c1-15(2,3)13-12(10-16-11-6-7-11)20-14(17-13)18(4)8-9-19-5/h11,16H,6-10H2,1-5H3. The molecule has 0 amide bonds. The minimum Gasteiger partial charge on any atom is -0.350 e. The lowest BCUT2D eigenvalue weighted by atomic mass is 9.91. The van der Waals surface area contributed by atoms with Crippen molar-refractivity contribution in [2.45, 2.75) is 51.6 Å². The van der Waals surface area contributed by atoms with Crippen molar-refractivity contribution in [1.29, 1.82) is 0 Å². The van der Waals surface area contributed by atoms with Crippen molar-refractivity contribution in [2.75, 3.05) is 30.5 Å².